The van der Waals surface area contributed by atoms with Crippen molar-refractivity contribution in [2.45, 2.75) is 31.4 Å². The first kappa shape index (κ1) is 13.7. The topological polar surface area (TPSA) is 107 Å². The Morgan fingerprint density at radius 2 is 2.00 bits per heavy atom. The molecule has 2 aromatic rings. The van der Waals surface area contributed by atoms with E-state index >= 15 is 0 Å². The largest absolute Gasteiger partial charge is 0.390 e. The molecule has 4 N–H and O–H groups in total. The number of H-pyrrole nitrogens is 1. The third-order valence-electron chi connectivity index (χ3n) is 4.70. The molecule has 22 heavy (non-hydrogen) atoms. The SMILES string of the molecule is Nc1nc(N2C[C@H](O)[C@@H](N3CCCCC3)C2)c2[nH]cnc2n1. The Labute approximate surface area is 128 Å². The lowest BCUT2D eigenvalue weighted by Gasteiger charge is -2.33. The summed E-state index contributed by atoms with van der Waals surface area (Å²) in [6, 6.07) is 0.162. The number of piperidine rings is 1. The van der Waals surface area contributed by atoms with Crippen molar-refractivity contribution < 1.29 is 5.11 Å². The van der Waals surface area contributed by atoms with Gasteiger partial charge < -0.3 is 20.7 Å². The Kier molecular flexibility index (Phi) is 3.34. The minimum atomic E-state index is -0.368. The summed E-state index contributed by atoms with van der Waals surface area (Å²) in [5, 5.41) is 10.5. The van der Waals surface area contributed by atoms with E-state index < -0.39 is 0 Å². The minimum Gasteiger partial charge on any atom is -0.390 e. The van der Waals surface area contributed by atoms with Gasteiger partial charge in [-0.05, 0) is 25.9 Å². The van der Waals surface area contributed by atoms with Gasteiger partial charge in [0.05, 0.1) is 18.5 Å². The van der Waals surface area contributed by atoms with Crippen molar-refractivity contribution in [3.8, 4) is 0 Å². The molecule has 0 bridgehead atoms. The molecule has 0 radical (unpaired) electrons. The van der Waals surface area contributed by atoms with Gasteiger partial charge in [0, 0.05) is 13.1 Å². The molecule has 4 heterocycles. The van der Waals surface area contributed by atoms with Crippen LogP contribution in [0.25, 0.3) is 11.2 Å². The summed E-state index contributed by atoms with van der Waals surface area (Å²) in [6.07, 6.45) is 4.95. The molecule has 8 nitrogen and oxygen atoms in total. The van der Waals surface area contributed by atoms with Crippen LogP contribution in [0.3, 0.4) is 0 Å². The van der Waals surface area contributed by atoms with Gasteiger partial charge in [-0.2, -0.15) is 9.97 Å². The number of aromatic nitrogens is 4. The zero-order valence-electron chi connectivity index (χ0n) is 12.4. The molecule has 0 amide bonds. The van der Waals surface area contributed by atoms with Gasteiger partial charge in [-0.1, -0.05) is 6.42 Å². The van der Waals surface area contributed by atoms with E-state index in [9.17, 15) is 5.11 Å². The van der Waals surface area contributed by atoms with E-state index in [1.54, 1.807) is 6.33 Å². The quantitative estimate of drug-likeness (QED) is 0.715. The van der Waals surface area contributed by atoms with Crippen LogP contribution in [0, 0.1) is 0 Å². The Morgan fingerprint density at radius 1 is 1.18 bits per heavy atom. The molecule has 118 valence electrons. The summed E-state index contributed by atoms with van der Waals surface area (Å²) in [6.45, 7) is 3.46. The van der Waals surface area contributed by atoms with Gasteiger partial charge in [0.2, 0.25) is 5.95 Å². The summed E-state index contributed by atoms with van der Waals surface area (Å²) in [5.41, 5.74) is 7.13. The third-order valence-corrected chi connectivity index (χ3v) is 4.70. The van der Waals surface area contributed by atoms with E-state index in [4.69, 9.17) is 5.73 Å². The van der Waals surface area contributed by atoms with Crippen molar-refractivity contribution in [2.75, 3.05) is 36.8 Å². The fraction of sp³-hybridized carbons (Fsp3) is 0.643. The van der Waals surface area contributed by atoms with Crippen LogP contribution in [0.5, 0.6) is 0 Å². The highest BCUT2D eigenvalue weighted by Gasteiger charge is 2.37. The van der Waals surface area contributed by atoms with Gasteiger partial charge >= 0.3 is 0 Å². The predicted molar refractivity (Wildman–Crippen MR) is 83.5 cm³/mol. The van der Waals surface area contributed by atoms with Gasteiger partial charge in [0.15, 0.2) is 11.5 Å². The van der Waals surface area contributed by atoms with E-state index in [0.717, 1.165) is 31.0 Å². The first-order chi connectivity index (χ1) is 10.7. The molecular formula is C14H21N7O. The second kappa shape index (κ2) is 5.36. The Balaban J connectivity index is 1.61. The zero-order valence-corrected chi connectivity index (χ0v) is 12.4. The number of nitrogens with zero attached hydrogens (tertiary/aromatic N) is 5. The Hall–Kier alpha value is -1.93. The summed E-state index contributed by atoms with van der Waals surface area (Å²) in [4.78, 5) is 20.2. The molecule has 8 heteroatoms. The number of β-amino-alcohol motifs (C(OH)–C–C–N with tert-alkyl or cyclic N) is 1. The fourth-order valence-electron chi connectivity index (χ4n) is 3.61. The van der Waals surface area contributed by atoms with Gasteiger partial charge in [-0.25, -0.2) is 4.98 Å². The van der Waals surface area contributed by atoms with Crippen LogP contribution in [0.2, 0.25) is 0 Å². The third kappa shape index (κ3) is 2.28. The summed E-state index contributed by atoms with van der Waals surface area (Å²) in [5.74, 6) is 0.948. The highest BCUT2D eigenvalue weighted by molar-refractivity contribution is 5.84. The summed E-state index contributed by atoms with van der Waals surface area (Å²) < 4.78 is 0. The molecule has 2 fully saturated rings. The number of aliphatic hydroxyl groups is 1. The lowest BCUT2D eigenvalue weighted by molar-refractivity contribution is 0.0706. The number of fused-ring (bicyclic) bond motifs is 1. The van der Waals surface area contributed by atoms with E-state index in [1.165, 1.54) is 19.3 Å². The van der Waals surface area contributed by atoms with Gasteiger partial charge in [-0.3, -0.25) is 4.90 Å². The minimum absolute atomic E-state index is 0.162. The van der Waals surface area contributed by atoms with Crippen molar-refractivity contribution in [3.63, 3.8) is 0 Å². The second-order valence-electron chi connectivity index (χ2n) is 6.14. The Morgan fingerprint density at radius 3 is 2.82 bits per heavy atom. The first-order valence-corrected chi connectivity index (χ1v) is 7.86. The standard InChI is InChI=1S/C14H21N7O/c15-14-18-12-11(16-8-17-12)13(19-14)21-6-9(10(22)7-21)20-4-2-1-3-5-20/h8-10,22H,1-7H2,(H3,15,16,17,18,19)/t9-,10-/m0/s1. The number of aromatic amines is 1. The number of aliphatic hydroxyl groups excluding tert-OH is 1. The smallest absolute Gasteiger partial charge is 0.224 e. The van der Waals surface area contributed by atoms with Crippen LogP contribution >= 0.6 is 0 Å². The number of hydrogen-bond donors (Lipinski definition) is 3. The van der Waals surface area contributed by atoms with Crippen LogP contribution in [-0.2, 0) is 0 Å². The molecule has 0 spiro atoms. The number of anilines is 2. The maximum absolute atomic E-state index is 10.5. The van der Waals surface area contributed by atoms with Crippen molar-refractivity contribution in [1.82, 2.24) is 24.8 Å². The molecule has 2 aliphatic heterocycles. The summed E-state index contributed by atoms with van der Waals surface area (Å²) >= 11 is 0. The van der Waals surface area contributed by atoms with E-state index in [0.29, 0.717) is 12.2 Å². The van der Waals surface area contributed by atoms with E-state index in [1.807, 2.05) is 0 Å². The first-order valence-electron chi connectivity index (χ1n) is 7.86. The molecular weight excluding hydrogens is 282 g/mol. The predicted octanol–water partition coefficient (Wildman–Crippen LogP) is -0.0295. The molecule has 4 rings (SSSR count). The van der Waals surface area contributed by atoms with Gasteiger partial charge in [0.25, 0.3) is 0 Å². The number of imidazole rings is 1. The van der Waals surface area contributed by atoms with Crippen molar-refractivity contribution in [1.29, 1.82) is 0 Å². The maximum atomic E-state index is 10.5. The maximum Gasteiger partial charge on any atom is 0.224 e. The van der Waals surface area contributed by atoms with E-state index in [-0.39, 0.29) is 18.1 Å². The number of nitrogens with one attached hydrogen (secondary N) is 1. The lowest BCUT2D eigenvalue weighted by Crippen LogP contribution is -2.45. The monoisotopic (exact) mass is 303 g/mol. The number of hydrogen-bond acceptors (Lipinski definition) is 7. The van der Waals surface area contributed by atoms with E-state index in [2.05, 4.69) is 29.7 Å². The normalized spacial score (nSPS) is 26.9. The molecule has 0 aromatic carbocycles. The average molecular weight is 303 g/mol. The molecule has 2 aromatic heterocycles. The van der Waals surface area contributed by atoms with Crippen LogP contribution in [0.15, 0.2) is 6.33 Å². The average Bonchev–Trinajstić information content (AvgIpc) is 3.13. The fourth-order valence-corrected chi connectivity index (χ4v) is 3.61. The van der Waals surface area contributed by atoms with Crippen LogP contribution < -0.4 is 10.6 Å². The van der Waals surface area contributed by atoms with Crippen LogP contribution in [-0.4, -0.2) is 68.3 Å². The Bertz CT molecular complexity index is 666. The van der Waals surface area contributed by atoms with Crippen LogP contribution in [0.1, 0.15) is 19.3 Å². The second-order valence-corrected chi connectivity index (χ2v) is 6.14. The zero-order chi connectivity index (χ0) is 15.1. The molecule has 0 saturated carbocycles. The van der Waals surface area contributed by atoms with Gasteiger partial charge in [-0.15, -0.1) is 0 Å². The number of nitrogens with two attached hydrogens (primary N) is 1. The number of rotatable bonds is 2. The number of likely N-dealkylation sites (tertiary alicyclic amines) is 1. The molecule has 0 unspecified atom stereocenters. The molecule has 2 atom stereocenters. The van der Waals surface area contributed by atoms with Gasteiger partial charge in [0.1, 0.15) is 5.52 Å². The van der Waals surface area contributed by atoms with Crippen molar-refractivity contribution >= 4 is 22.9 Å². The highest BCUT2D eigenvalue weighted by atomic mass is 16.3. The molecule has 2 aliphatic rings. The van der Waals surface area contributed by atoms with Crippen LogP contribution in [0.4, 0.5) is 11.8 Å². The molecule has 2 saturated heterocycles. The summed E-state index contributed by atoms with van der Waals surface area (Å²) in [7, 11) is 0. The molecule has 0 aliphatic carbocycles. The number of nitrogen functional groups attached to an aromatic ring is 1. The van der Waals surface area contributed by atoms with Crippen molar-refractivity contribution in [3.05, 3.63) is 6.33 Å². The highest BCUT2D eigenvalue weighted by Crippen LogP contribution is 2.28. The lowest BCUT2D eigenvalue weighted by atomic mass is 10.1. The van der Waals surface area contributed by atoms with Crippen molar-refractivity contribution in [2.24, 2.45) is 0 Å².